The Hall–Kier alpha value is -3.84. The van der Waals surface area contributed by atoms with Gasteiger partial charge in [-0.3, -0.25) is 14.5 Å². The highest BCUT2D eigenvalue weighted by molar-refractivity contribution is 5.98. The molecule has 3 aromatic rings. The molecule has 3 aliphatic carbocycles. The summed E-state index contributed by atoms with van der Waals surface area (Å²) in [6, 6.07) is 18.5. The Labute approximate surface area is 252 Å². The minimum Gasteiger partial charge on any atom is -0.507 e. The van der Waals surface area contributed by atoms with Crippen LogP contribution in [0.15, 0.2) is 54.6 Å². The van der Waals surface area contributed by atoms with Gasteiger partial charge >= 0.3 is 0 Å². The normalized spacial score (nSPS) is 25.6. The number of nitrogens with one attached hydrogen (secondary N) is 1. The van der Waals surface area contributed by atoms with Crippen molar-refractivity contribution >= 4 is 11.7 Å². The summed E-state index contributed by atoms with van der Waals surface area (Å²) in [7, 11) is 0. The van der Waals surface area contributed by atoms with Crippen LogP contribution in [0.25, 0.3) is 11.1 Å². The number of nitrogens with zero attached hydrogens (tertiary/aromatic N) is 1. The van der Waals surface area contributed by atoms with Crippen molar-refractivity contribution in [2.24, 2.45) is 11.8 Å². The monoisotopic (exact) mass is 578 g/mol. The SMILES string of the molecule is O=C1CC[C@H]2[C@H]3Cc4ccc(C(=O)NCCc5ccc(-c6ccc7c(c6)OCO7)cc5)c(O)c4[C@@]2(CCN3CC2CC2)C1. The van der Waals surface area contributed by atoms with Crippen LogP contribution < -0.4 is 14.8 Å². The second-order valence-corrected chi connectivity index (χ2v) is 13.2. The van der Waals surface area contributed by atoms with Crippen molar-refractivity contribution in [2.45, 2.75) is 62.8 Å². The molecular weight excluding hydrogens is 540 g/mol. The first-order valence-electron chi connectivity index (χ1n) is 15.9. The number of ketones is 1. The summed E-state index contributed by atoms with van der Waals surface area (Å²) in [6.45, 7) is 2.85. The maximum atomic E-state index is 13.4. The summed E-state index contributed by atoms with van der Waals surface area (Å²) in [5, 5.41) is 14.7. The summed E-state index contributed by atoms with van der Waals surface area (Å²) in [5.41, 5.74) is 5.24. The lowest BCUT2D eigenvalue weighted by Gasteiger charge is -2.58. The molecule has 8 rings (SSSR count). The highest BCUT2D eigenvalue weighted by atomic mass is 16.7. The Bertz CT molecular complexity index is 1600. The summed E-state index contributed by atoms with van der Waals surface area (Å²) in [4.78, 5) is 28.9. The van der Waals surface area contributed by atoms with E-state index in [0.717, 1.165) is 77.6 Å². The Morgan fingerprint density at radius 1 is 1.00 bits per heavy atom. The highest BCUT2D eigenvalue weighted by Gasteiger charge is 2.57. The van der Waals surface area contributed by atoms with Crippen LogP contribution in [0.5, 0.6) is 17.2 Å². The van der Waals surface area contributed by atoms with Crippen LogP contribution in [-0.4, -0.2) is 54.2 Å². The van der Waals surface area contributed by atoms with E-state index < -0.39 is 0 Å². The molecule has 2 saturated carbocycles. The van der Waals surface area contributed by atoms with E-state index in [2.05, 4.69) is 34.5 Å². The zero-order chi connectivity index (χ0) is 29.1. The van der Waals surface area contributed by atoms with Gasteiger partial charge in [-0.25, -0.2) is 0 Å². The van der Waals surface area contributed by atoms with Crippen molar-refractivity contribution in [1.29, 1.82) is 0 Å². The third kappa shape index (κ3) is 4.69. The highest BCUT2D eigenvalue weighted by Crippen LogP contribution is 2.58. The molecule has 2 bridgehead atoms. The second kappa shape index (κ2) is 10.4. The first-order valence-corrected chi connectivity index (χ1v) is 15.9. The van der Waals surface area contributed by atoms with Crippen molar-refractivity contribution < 1.29 is 24.2 Å². The predicted molar refractivity (Wildman–Crippen MR) is 163 cm³/mol. The molecule has 7 heteroatoms. The number of hydrogen-bond donors (Lipinski definition) is 2. The summed E-state index contributed by atoms with van der Waals surface area (Å²) >= 11 is 0. The van der Waals surface area contributed by atoms with E-state index >= 15 is 0 Å². The number of hydrogen-bond acceptors (Lipinski definition) is 6. The third-order valence-electron chi connectivity index (χ3n) is 10.7. The zero-order valence-corrected chi connectivity index (χ0v) is 24.4. The van der Waals surface area contributed by atoms with E-state index in [1.165, 1.54) is 12.8 Å². The Balaban J connectivity index is 0.973. The summed E-state index contributed by atoms with van der Waals surface area (Å²) in [6.07, 6.45) is 7.11. The van der Waals surface area contributed by atoms with Gasteiger partial charge in [-0.1, -0.05) is 36.4 Å². The van der Waals surface area contributed by atoms with Crippen molar-refractivity contribution in [1.82, 2.24) is 10.2 Å². The number of carbonyl (C=O) groups excluding carboxylic acids is 2. The van der Waals surface area contributed by atoms with Gasteiger partial charge in [0.1, 0.15) is 11.5 Å². The van der Waals surface area contributed by atoms with Crippen LogP contribution in [-0.2, 0) is 23.1 Å². The van der Waals surface area contributed by atoms with Gasteiger partial charge in [-0.15, -0.1) is 0 Å². The Morgan fingerprint density at radius 2 is 1.81 bits per heavy atom. The van der Waals surface area contributed by atoms with Crippen LogP contribution in [0.2, 0.25) is 0 Å². The van der Waals surface area contributed by atoms with Gasteiger partial charge in [0.25, 0.3) is 5.91 Å². The number of rotatable bonds is 7. The standard InChI is InChI=1S/C36H38N2O5/c39-27-9-11-29-30-17-26-7-10-28(34(40)33(26)36(29,19-27)14-16-38(30)20-23-1-2-23)35(41)37-15-13-22-3-5-24(6-4-22)25-8-12-31-32(18-25)43-21-42-31/h3-8,10,12,18,23,29-30,40H,1-2,9,11,13-17,19-21H2,(H,37,41)/t29-,30+,36-/m0/s1. The molecule has 1 saturated heterocycles. The van der Waals surface area contributed by atoms with Crippen molar-refractivity contribution in [3.63, 3.8) is 0 Å². The number of phenolic OH excluding ortho intramolecular Hbond substituents is 1. The Morgan fingerprint density at radius 3 is 2.65 bits per heavy atom. The molecular formula is C36H38N2O5. The fourth-order valence-electron chi connectivity index (χ4n) is 8.41. The van der Waals surface area contributed by atoms with Crippen molar-refractivity contribution in [3.05, 3.63) is 76.9 Å². The maximum Gasteiger partial charge on any atom is 0.255 e. The average molecular weight is 579 g/mol. The second-order valence-electron chi connectivity index (χ2n) is 13.2. The number of likely N-dealkylation sites (tertiary alicyclic amines) is 1. The van der Waals surface area contributed by atoms with Gasteiger partial charge in [-0.05, 0) is 97.4 Å². The molecule has 2 N–H and O–H groups in total. The predicted octanol–water partition coefficient (Wildman–Crippen LogP) is 5.41. The maximum absolute atomic E-state index is 13.4. The number of amides is 1. The van der Waals surface area contributed by atoms with Crippen LogP contribution in [0.1, 0.15) is 65.6 Å². The minimum absolute atomic E-state index is 0.0943. The van der Waals surface area contributed by atoms with Crippen LogP contribution >= 0.6 is 0 Å². The van der Waals surface area contributed by atoms with Gasteiger partial charge in [0.15, 0.2) is 11.5 Å². The summed E-state index contributed by atoms with van der Waals surface area (Å²) in [5.74, 6) is 2.83. The quantitative estimate of drug-likeness (QED) is 0.390. The lowest BCUT2D eigenvalue weighted by atomic mass is 9.51. The number of phenols is 1. The number of aromatic hydroxyl groups is 1. The van der Waals surface area contributed by atoms with Crippen LogP contribution in [0.3, 0.4) is 0 Å². The molecule has 2 aliphatic heterocycles. The van der Waals surface area contributed by atoms with Crippen molar-refractivity contribution in [2.75, 3.05) is 26.4 Å². The Kier molecular flexibility index (Phi) is 6.48. The number of benzene rings is 3. The fourth-order valence-corrected chi connectivity index (χ4v) is 8.41. The molecule has 222 valence electrons. The molecule has 0 aromatic heterocycles. The largest absolute Gasteiger partial charge is 0.507 e. The molecule has 5 aliphatic rings. The number of fused-ring (bicyclic) bond motifs is 2. The fraction of sp³-hybridized carbons (Fsp3) is 0.444. The lowest BCUT2D eigenvalue weighted by molar-refractivity contribution is -0.127. The first kappa shape index (κ1) is 26.8. The molecule has 2 heterocycles. The van der Waals surface area contributed by atoms with Gasteiger partial charge in [-0.2, -0.15) is 0 Å². The van der Waals surface area contributed by atoms with E-state index in [1.807, 2.05) is 24.3 Å². The smallest absolute Gasteiger partial charge is 0.255 e. The summed E-state index contributed by atoms with van der Waals surface area (Å²) < 4.78 is 10.9. The molecule has 0 spiro atoms. The molecule has 0 unspecified atom stereocenters. The van der Waals surface area contributed by atoms with E-state index in [4.69, 9.17) is 9.47 Å². The number of ether oxygens (including phenoxy) is 2. The van der Waals surface area contributed by atoms with E-state index in [1.54, 1.807) is 6.07 Å². The minimum atomic E-state index is -0.353. The first-order chi connectivity index (χ1) is 21.0. The van der Waals surface area contributed by atoms with Gasteiger partial charge in [0, 0.05) is 43.0 Å². The lowest BCUT2D eigenvalue weighted by Crippen LogP contribution is -2.62. The molecule has 0 radical (unpaired) electrons. The number of carbonyl (C=O) groups is 2. The third-order valence-corrected chi connectivity index (χ3v) is 10.7. The van der Waals surface area contributed by atoms with Crippen molar-refractivity contribution in [3.8, 4) is 28.4 Å². The molecule has 7 nitrogen and oxygen atoms in total. The van der Waals surface area contributed by atoms with E-state index in [9.17, 15) is 14.7 Å². The molecule has 1 amide bonds. The molecule has 43 heavy (non-hydrogen) atoms. The number of piperidine rings is 1. The average Bonchev–Trinajstić information content (AvgIpc) is 3.71. The van der Waals surface area contributed by atoms with Gasteiger partial charge in [0.05, 0.1) is 5.56 Å². The molecule has 3 atom stereocenters. The molecule has 3 fully saturated rings. The topological polar surface area (TPSA) is 88.1 Å². The van der Waals surface area contributed by atoms with Crippen LogP contribution in [0.4, 0.5) is 0 Å². The van der Waals surface area contributed by atoms with Crippen LogP contribution in [0, 0.1) is 11.8 Å². The number of Topliss-reactive ketones (excluding diaryl/α,β-unsaturated/α-hetero) is 1. The van der Waals surface area contributed by atoms with E-state index in [-0.39, 0.29) is 29.6 Å². The van der Waals surface area contributed by atoms with Gasteiger partial charge in [0.2, 0.25) is 6.79 Å². The molecule has 3 aromatic carbocycles. The zero-order valence-electron chi connectivity index (χ0n) is 24.4. The van der Waals surface area contributed by atoms with Gasteiger partial charge < -0.3 is 19.9 Å². The van der Waals surface area contributed by atoms with E-state index in [0.29, 0.717) is 43.3 Å².